The Balaban J connectivity index is 1.64. The van der Waals surface area contributed by atoms with E-state index in [9.17, 15) is 14.0 Å². The van der Waals surface area contributed by atoms with Crippen LogP contribution in [0.15, 0.2) is 48.7 Å². The molecule has 1 fully saturated rings. The molecule has 1 aliphatic rings. The number of nitrogens with zero attached hydrogens (tertiary/aromatic N) is 3. The molecule has 2 amide bonds. The molecule has 0 spiro atoms. The van der Waals surface area contributed by atoms with Gasteiger partial charge in [0.1, 0.15) is 22.9 Å². The number of ether oxygens (including phenoxy) is 3. The standard InChI is InChI=1S/C28H33FN4O5/c1-28(2,3)38-27(35)32-13-11-18(12-14-32)25-22(17-30-33(25)20-8-6-7-19(29)15-20)26(34)31-23-10-9-21(36-4)16-24(23)37-5/h6-10,15-18H,11-14H2,1-5H3,(H,31,34). The van der Waals surface area contributed by atoms with E-state index in [1.54, 1.807) is 47.0 Å². The SMILES string of the molecule is COc1ccc(NC(=O)c2cnn(-c3cccc(F)c3)c2C2CCN(C(=O)OC(C)(C)C)CC2)c(OC)c1. The number of methoxy groups -OCH3 is 2. The van der Waals surface area contributed by atoms with Gasteiger partial charge >= 0.3 is 6.09 Å². The molecule has 10 heteroatoms. The van der Waals surface area contributed by atoms with Crippen LogP contribution in [0.25, 0.3) is 5.69 Å². The third-order valence-electron chi connectivity index (χ3n) is 6.29. The minimum Gasteiger partial charge on any atom is -0.497 e. The van der Waals surface area contributed by atoms with E-state index in [1.165, 1.54) is 25.4 Å². The molecule has 0 atom stereocenters. The molecule has 1 N–H and O–H groups in total. The number of hydrogen-bond acceptors (Lipinski definition) is 6. The maximum Gasteiger partial charge on any atom is 0.410 e. The van der Waals surface area contributed by atoms with Gasteiger partial charge in [0.2, 0.25) is 0 Å². The van der Waals surface area contributed by atoms with Crippen molar-refractivity contribution in [2.45, 2.75) is 45.1 Å². The number of likely N-dealkylation sites (tertiary alicyclic amines) is 1. The highest BCUT2D eigenvalue weighted by Gasteiger charge is 2.32. The Morgan fingerprint density at radius 2 is 1.79 bits per heavy atom. The van der Waals surface area contributed by atoms with Crippen LogP contribution in [0.1, 0.15) is 55.6 Å². The van der Waals surface area contributed by atoms with Crippen LogP contribution in [0, 0.1) is 5.82 Å². The summed E-state index contributed by atoms with van der Waals surface area (Å²) in [6.45, 7) is 6.41. The number of piperidine rings is 1. The second-order valence-electron chi connectivity index (χ2n) is 10.1. The fourth-order valence-electron chi connectivity index (χ4n) is 4.49. The number of nitrogens with one attached hydrogen (secondary N) is 1. The van der Waals surface area contributed by atoms with Crippen molar-refractivity contribution >= 4 is 17.7 Å². The molecule has 4 rings (SSSR count). The molecule has 9 nitrogen and oxygen atoms in total. The van der Waals surface area contributed by atoms with Gasteiger partial charge in [-0.1, -0.05) is 6.07 Å². The highest BCUT2D eigenvalue weighted by Crippen LogP contribution is 2.34. The summed E-state index contributed by atoms with van der Waals surface area (Å²) < 4.78 is 31.9. The fourth-order valence-corrected chi connectivity index (χ4v) is 4.49. The van der Waals surface area contributed by atoms with Crippen molar-refractivity contribution in [3.8, 4) is 17.2 Å². The fraction of sp³-hybridized carbons (Fsp3) is 0.393. The molecule has 0 saturated carbocycles. The highest BCUT2D eigenvalue weighted by atomic mass is 19.1. The number of amides is 2. The Labute approximate surface area is 221 Å². The number of rotatable bonds is 6. The van der Waals surface area contributed by atoms with Crippen molar-refractivity contribution in [3.63, 3.8) is 0 Å². The van der Waals surface area contributed by atoms with Crippen molar-refractivity contribution in [2.24, 2.45) is 0 Å². The van der Waals surface area contributed by atoms with Gasteiger partial charge in [-0.3, -0.25) is 4.79 Å². The van der Waals surface area contributed by atoms with Crippen LogP contribution in [0.4, 0.5) is 14.9 Å². The van der Waals surface area contributed by atoms with E-state index in [4.69, 9.17) is 14.2 Å². The maximum atomic E-state index is 14.1. The summed E-state index contributed by atoms with van der Waals surface area (Å²) in [5.74, 6) is 0.162. The zero-order valence-electron chi connectivity index (χ0n) is 22.3. The Hall–Kier alpha value is -4.08. The van der Waals surface area contributed by atoms with Crippen LogP contribution >= 0.6 is 0 Å². The molecule has 1 saturated heterocycles. The number of carbonyl (C=O) groups is 2. The van der Waals surface area contributed by atoms with Gasteiger partial charge in [0.25, 0.3) is 5.91 Å². The van der Waals surface area contributed by atoms with Gasteiger partial charge in [0.15, 0.2) is 0 Å². The first-order valence-electron chi connectivity index (χ1n) is 12.4. The first-order chi connectivity index (χ1) is 18.1. The monoisotopic (exact) mass is 524 g/mol. The molecule has 0 bridgehead atoms. The lowest BCUT2D eigenvalue weighted by atomic mass is 9.90. The lowest BCUT2D eigenvalue weighted by molar-refractivity contribution is 0.0203. The quantitative estimate of drug-likeness (QED) is 0.464. The van der Waals surface area contributed by atoms with E-state index in [1.807, 2.05) is 20.8 Å². The van der Waals surface area contributed by atoms with Crippen molar-refractivity contribution in [1.82, 2.24) is 14.7 Å². The second-order valence-corrected chi connectivity index (χ2v) is 10.1. The molecule has 2 heterocycles. The largest absolute Gasteiger partial charge is 0.497 e. The summed E-state index contributed by atoms with van der Waals surface area (Å²) in [5.41, 5.74) is 1.42. The van der Waals surface area contributed by atoms with Crippen molar-refractivity contribution in [2.75, 3.05) is 32.6 Å². The molecule has 2 aromatic carbocycles. The van der Waals surface area contributed by atoms with Gasteiger partial charge in [-0.25, -0.2) is 13.9 Å². The third-order valence-corrected chi connectivity index (χ3v) is 6.29. The number of hydrogen-bond donors (Lipinski definition) is 1. The molecular weight excluding hydrogens is 491 g/mol. The van der Waals surface area contributed by atoms with Crippen LogP contribution in [-0.4, -0.2) is 59.6 Å². The first-order valence-corrected chi connectivity index (χ1v) is 12.4. The topological polar surface area (TPSA) is 94.9 Å². The third kappa shape index (κ3) is 6.07. The summed E-state index contributed by atoms with van der Waals surface area (Å²) in [7, 11) is 3.06. The summed E-state index contributed by atoms with van der Waals surface area (Å²) in [6, 6.07) is 11.2. The van der Waals surface area contributed by atoms with Gasteiger partial charge in [-0.05, 0) is 63.9 Å². The average molecular weight is 525 g/mol. The van der Waals surface area contributed by atoms with Crippen molar-refractivity contribution < 1.29 is 28.2 Å². The molecule has 38 heavy (non-hydrogen) atoms. The minimum atomic E-state index is -0.586. The van der Waals surface area contributed by atoms with Gasteiger partial charge in [-0.2, -0.15) is 5.10 Å². The second kappa shape index (κ2) is 11.1. The number of aromatic nitrogens is 2. The van der Waals surface area contributed by atoms with E-state index in [0.29, 0.717) is 60.1 Å². The molecule has 1 aliphatic heterocycles. The molecule has 1 aromatic heterocycles. The molecule has 0 aliphatic carbocycles. The normalized spacial score (nSPS) is 14.2. The average Bonchev–Trinajstić information content (AvgIpc) is 3.33. The van der Waals surface area contributed by atoms with Gasteiger partial charge in [0.05, 0.1) is 43.0 Å². The van der Waals surface area contributed by atoms with Crippen molar-refractivity contribution in [1.29, 1.82) is 0 Å². The van der Waals surface area contributed by atoms with Crippen LogP contribution in [0.2, 0.25) is 0 Å². The Kier molecular flexibility index (Phi) is 7.89. The first kappa shape index (κ1) is 27.0. The Morgan fingerprint density at radius 3 is 2.42 bits per heavy atom. The lowest BCUT2D eigenvalue weighted by Crippen LogP contribution is -2.41. The molecule has 0 unspecified atom stereocenters. The summed E-state index contributed by atoms with van der Waals surface area (Å²) in [6.07, 6.45) is 2.31. The van der Waals surface area contributed by atoms with E-state index in [2.05, 4.69) is 10.4 Å². The zero-order chi connectivity index (χ0) is 27.4. The van der Waals surface area contributed by atoms with E-state index >= 15 is 0 Å². The zero-order valence-corrected chi connectivity index (χ0v) is 22.3. The minimum absolute atomic E-state index is 0.0991. The van der Waals surface area contributed by atoms with E-state index in [-0.39, 0.29) is 17.9 Å². The van der Waals surface area contributed by atoms with E-state index < -0.39 is 11.4 Å². The van der Waals surface area contributed by atoms with Crippen LogP contribution < -0.4 is 14.8 Å². The van der Waals surface area contributed by atoms with Crippen molar-refractivity contribution in [3.05, 3.63) is 65.7 Å². The maximum absolute atomic E-state index is 14.1. The predicted molar refractivity (Wildman–Crippen MR) is 141 cm³/mol. The smallest absolute Gasteiger partial charge is 0.410 e. The number of halogens is 1. The van der Waals surface area contributed by atoms with Gasteiger partial charge < -0.3 is 24.4 Å². The molecule has 202 valence electrons. The number of carbonyl (C=O) groups excluding carboxylic acids is 2. The number of anilines is 1. The highest BCUT2D eigenvalue weighted by molar-refractivity contribution is 6.06. The Bertz CT molecular complexity index is 1310. The number of benzene rings is 2. The lowest BCUT2D eigenvalue weighted by Gasteiger charge is -2.34. The van der Waals surface area contributed by atoms with Crippen LogP contribution in [0.5, 0.6) is 11.5 Å². The van der Waals surface area contributed by atoms with Crippen LogP contribution in [-0.2, 0) is 4.74 Å². The van der Waals surface area contributed by atoms with E-state index in [0.717, 1.165) is 0 Å². The summed E-state index contributed by atoms with van der Waals surface area (Å²) >= 11 is 0. The molecular formula is C28H33FN4O5. The Morgan fingerprint density at radius 1 is 1.05 bits per heavy atom. The van der Waals surface area contributed by atoms with Gasteiger partial charge in [0, 0.05) is 25.1 Å². The predicted octanol–water partition coefficient (Wildman–Crippen LogP) is 5.40. The van der Waals surface area contributed by atoms with Gasteiger partial charge in [-0.15, -0.1) is 0 Å². The summed E-state index contributed by atoms with van der Waals surface area (Å²) in [5, 5.41) is 7.38. The van der Waals surface area contributed by atoms with Crippen LogP contribution in [0.3, 0.4) is 0 Å². The summed E-state index contributed by atoms with van der Waals surface area (Å²) in [4.78, 5) is 27.8. The molecule has 0 radical (unpaired) electrons. The molecule has 3 aromatic rings.